The van der Waals surface area contributed by atoms with Gasteiger partial charge >= 0.3 is 5.82 Å². The molecule has 10 nitrogen and oxygen atoms in total. The first-order valence-electron chi connectivity index (χ1n) is 7.66. The number of ether oxygens (including phenoxy) is 3. The van der Waals surface area contributed by atoms with Crippen molar-refractivity contribution >= 4 is 11.7 Å². The third-order valence-electron chi connectivity index (χ3n) is 3.68. The maximum absolute atomic E-state index is 12.2. The van der Waals surface area contributed by atoms with Crippen LogP contribution in [0.1, 0.15) is 18.5 Å². The molecule has 1 amide bonds. The molecule has 0 spiro atoms. The van der Waals surface area contributed by atoms with Crippen molar-refractivity contribution in [2.75, 3.05) is 21.3 Å². The monoisotopic (exact) mass is 364 g/mol. The molecule has 1 unspecified atom stereocenters. The first-order valence-corrected chi connectivity index (χ1v) is 7.66. The molecular formula is C16H20N4O6. The molecule has 1 heterocycles. The Morgan fingerprint density at radius 2 is 1.88 bits per heavy atom. The van der Waals surface area contributed by atoms with Crippen LogP contribution in [-0.4, -0.2) is 41.9 Å². The zero-order chi connectivity index (χ0) is 19.3. The van der Waals surface area contributed by atoms with Gasteiger partial charge in [0.15, 0.2) is 11.5 Å². The van der Waals surface area contributed by atoms with Gasteiger partial charge in [0.2, 0.25) is 11.7 Å². The smallest absolute Gasteiger partial charge is 0.389 e. The minimum atomic E-state index is -0.618. The predicted molar refractivity (Wildman–Crippen MR) is 91.5 cm³/mol. The van der Waals surface area contributed by atoms with Gasteiger partial charge < -0.3 is 29.6 Å². The van der Waals surface area contributed by atoms with E-state index in [-0.39, 0.29) is 24.3 Å². The molecule has 0 bridgehead atoms. The maximum Gasteiger partial charge on any atom is 0.389 e. The Balaban J connectivity index is 2.11. The van der Waals surface area contributed by atoms with Crippen LogP contribution in [0.2, 0.25) is 0 Å². The van der Waals surface area contributed by atoms with Crippen LogP contribution in [0.3, 0.4) is 0 Å². The number of benzene rings is 1. The Morgan fingerprint density at radius 1 is 1.27 bits per heavy atom. The SMILES string of the molecule is COc1cc(C(C)NC(=O)Cn2ccc([N+](=O)[O-])n2)cc(OC)c1OC. The zero-order valence-electron chi connectivity index (χ0n) is 14.9. The van der Waals surface area contributed by atoms with Gasteiger partial charge in [-0.05, 0) is 29.5 Å². The van der Waals surface area contributed by atoms with Gasteiger partial charge in [0.05, 0.1) is 44.7 Å². The molecule has 1 N–H and O–H groups in total. The van der Waals surface area contributed by atoms with E-state index in [1.807, 2.05) is 0 Å². The number of carbonyl (C=O) groups excluding carboxylic acids is 1. The molecule has 10 heteroatoms. The molecule has 0 aliphatic carbocycles. The van der Waals surface area contributed by atoms with Crippen LogP contribution in [0.25, 0.3) is 0 Å². The first kappa shape index (κ1) is 19.0. The average Bonchev–Trinajstić information content (AvgIpc) is 3.08. The van der Waals surface area contributed by atoms with Gasteiger partial charge in [0.1, 0.15) is 6.54 Å². The van der Waals surface area contributed by atoms with E-state index in [2.05, 4.69) is 10.4 Å². The number of hydrogen-bond donors (Lipinski definition) is 1. The number of amides is 1. The van der Waals surface area contributed by atoms with Gasteiger partial charge in [-0.2, -0.15) is 4.68 Å². The van der Waals surface area contributed by atoms with Gasteiger partial charge in [0.25, 0.3) is 0 Å². The van der Waals surface area contributed by atoms with Crippen LogP contribution < -0.4 is 19.5 Å². The Hall–Kier alpha value is -3.30. The fourth-order valence-corrected chi connectivity index (χ4v) is 2.41. The number of nitrogens with one attached hydrogen (secondary N) is 1. The third kappa shape index (κ3) is 4.21. The fourth-order valence-electron chi connectivity index (χ4n) is 2.41. The Bertz CT molecular complexity index is 779. The molecule has 0 fully saturated rings. The van der Waals surface area contributed by atoms with Crippen molar-refractivity contribution in [2.45, 2.75) is 19.5 Å². The highest BCUT2D eigenvalue weighted by molar-refractivity contribution is 5.76. The van der Waals surface area contributed by atoms with E-state index in [1.54, 1.807) is 19.1 Å². The second-order valence-electron chi connectivity index (χ2n) is 5.38. The molecule has 0 aliphatic heterocycles. The number of nitro groups is 1. The second-order valence-corrected chi connectivity index (χ2v) is 5.38. The molecule has 2 rings (SSSR count). The first-order chi connectivity index (χ1) is 12.4. The summed E-state index contributed by atoms with van der Waals surface area (Å²) in [7, 11) is 4.53. The van der Waals surface area contributed by atoms with Crippen molar-refractivity contribution in [3.05, 3.63) is 40.1 Å². The van der Waals surface area contributed by atoms with E-state index >= 15 is 0 Å². The summed E-state index contributed by atoms with van der Waals surface area (Å²) in [4.78, 5) is 22.2. The molecule has 0 aliphatic rings. The van der Waals surface area contributed by atoms with E-state index in [0.717, 1.165) is 5.56 Å². The number of nitrogens with zero attached hydrogens (tertiary/aromatic N) is 3. The summed E-state index contributed by atoms with van der Waals surface area (Å²) in [5.41, 5.74) is 0.749. The van der Waals surface area contributed by atoms with Crippen molar-refractivity contribution in [1.82, 2.24) is 15.1 Å². The Labute approximate surface area is 149 Å². The highest BCUT2D eigenvalue weighted by atomic mass is 16.6. The summed E-state index contributed by atoms with van der Waals surface area (Å²) in [6.07, 6.45) is 1.38. The van der Waals surface area contributed by atoms with Crippen molar-refractivity contribution in [1.29, 1.82) is 0 Å². The average molecular weight is 364 g/mol. The van der Waals surface area contributed by atoms with Crippen molar-refractivity contribution < 1.29 is 23.9 Å². The lowest BCUT2D eigenvalue weighted by Crippen LogP contribution is -2.30. The summed E-state index contributed by atoms with van der Waals surface area (Å²) in [6, 6.07) is 4.35. The van der Waals surface area contributed by atoms with E-state index < -0.39 is 4.92 Å². The molecule has 0 radical (unpaired) electrons. The van der Waals surface area contributed by atoms with E-state index in [1.165, 1.54) is 38.3 Å². The lowest BCUT2D eigenvalue weighted by atomic mass is 10.1. The molecule has 1 aromatic carbocycles. The summed E-state index contributed by atoms with van der Waals surface area (Å²) in [5, 5.41) is 17.1. The van der Waals surface area contributed by atoms with Crippen molar-refractivity contribution in [2.24, 2.45) is 0 Å². The summed E-state index contributed by atoms with van der Waals surface area (Å²) < 4.78 is 17.1. The molecule has 0 saturated carbocycles. The normalized spacial score (nSPS) is 11.5. The maximum atomic E-state index is 12.2. The van der Waals surface area contributed by atoms with Gasteiger partial charge in [-0.1, -0.05) is 0 Å². The van der Waals surface area contributed by atoms with Gasteiger partial charge in [-0.3, -0.25) is 4.79 Å². The highest BCUT2D eigenvalue weighted by Crippen LogP contribution is 2.39. The van der Waals surface area contributed by atoms with Gasteiger partial charge in [0, 0.05) is 0 Å². The van der Waals surface area contributed by atoms with Gasteiger partial charge in [-0.15, -0.1) is 0 Å². The second kappa shape index (κ2) is 8.19. The lowest BCUT2D eigenvalue weighted by Gasteiger charge is -2.18. The molecule has 2 aromatic rings. The number of hydrogen-bond acceptors (Lipinski definition) is 7. The van der Waals surface area contributed by atoms with Crippen LogP contribution in [0, 0.1) is 10.1 Å². The fraction of sp³-hybridized carbons (Fsp3) is 0.375. The summed E-state index contributed by atoms with van der Waals surface area (Å²) in [6.45, 7) is 1.66. The molecule has 1 aromatic heterocycles. The van der Waals surface area contributed by atoms with E-state index in [0.29, 0.717) is 17.2 Å². The third-order valence-corrected chi connectivity index (χ3v) is 3.68. The molecule has 140 valence electrons. The van der Waals surface area contributed by atoms with Gasteiger partial charge in [-0.25, -0.2) is 0 Å². The molecular weight excluding hydrogens is 344 g/mol. The van der Waals surface area contributed by atoms with E-state index in [4.69, 9.17) is 14.2 Å². The summed E-state index contributed by atoms with van der Waals surface area (Å²) in [5.74, 6) is 0.761. The molecule has 26 heavy (non-hydrogen) atoms. The van der Waals surface area contributed by atoms with Crippen LogP contribution in [0.4, 0.5) is 5.82 Å². The zero-order valence-corrected chi connectivity index (χ0v) is 14.9. The topological polar surface area (TPSA) is 118 Å². The number of methoxy groups -OCH3 is 3. The standard InChI is InChI=1S/C16H20N4O6/c1-10(11-7-12(24-2)16(26-4)13(8-11)25-3)17-15(21)9-19-6-5-14(18-19)20(22)23/h5-8,10H,9H2,1-4H3,(H,17,21). The summed E-state index contributed by atoms with van der Waals surface area (Å²) >= 11 is 0. The van der Waals surface area contributed by atoms with Crippen LogP contribution in [0.15, 0.2) is 24.4 Å². The number of carbonyl (C=O) groups is 1. The predicted octanol–water partition coefficient (Wildman–Crippen LogP) is 1.69. The Morgan fingerprint density at radius 3 is 2.35 bits per heavy atom. The van der Waals surface area contributed by atoms with E-state index in [9.17, 15) is 14.9 Å². The molecule has 1 atom stereocenters. The minimum Gasteiger partial charge on any atom is -0.493 e. The number of rotatable bonds is 8. The van der Waals surface area contributed by atoms with Crippen LogP contribution >= 0.6 is 0 Å². The highest BCUT2D eigenvalue weighted by Gasteiger charge is 2.19. The number of aromatic nitrogens is 2. The van der Waals surface area contributed by atoms with Crippen LogP contribution in [0.5, 0.6) is 17.2 Å². The minimum absolute atomic E-state index is 0.136. The van der Waals surface area contributed by atoms with Crippen molar-refractivity contribution in [3.8, 4) is 17.2 Å². The quantitative estimate of drug-likeness (QED) is 0.559. The lowest BCUT2D eigenvalue weighted by molar-refractivity contribution is -0.389. The van der Waals surface area contributed by atoms with Crippen LogP contribution in [-0.2, 0) is 11.3 Å². The molecule has 0 saturated heterocycles. The van der Waals surface area contributed by atoms with Crippen molar-refractivity contribution in [3.63, 3.8) is 0 Å². The largest absolute Gasteiger partial charge is 0.493 e. The Kier molecular flexibility index (Phi) is 5.99.